The number of nitrogens with zero attached hydrogens (tertiary/aromatic N) is 1. The van der Waals surface area contributed by atoms with Gasteiger partial charge in [0.25, 0.3) is 0 Å². The lowest BCUT2D eigenvalue weighted by molar-refractivity contribution is -0.137. The number of aliphatic hydroxyl groups is 1. The molecular weight excluding hydrogens is 318 g/mol. The zero-order chi connectivity index (χ0) is 18.9. The molecule has 0 fully saturated rings. The first-order valence-electron chi connectivity index (χ1n) is 10.1. The molecule has 25 heavy (non-hydrogen) atoms. The van der Waals surface area contributed by atoms with E-state index in [9.17, 15) is 14.7 Å². The van der Waals surface area contributed by atoms with E-state index in [4.69, 9.17) is 5.11 Å². The molecule has 1 unspecified atom stereocenters. The van der Waals surface area contributed by atoms with Crippen molar-refractivity contribution in [3.8, 4) is 0 Å². The number of aliphatic hydroxyl groups excluding tert-OH is 1. The van der Waals surface area contributed by atoms with E-state index in [0.29, 0.717) is 13.0 Å². The molecule has 1 amide bonds. The summed E-state index contributed by atoms with van der Waals surface area (Å²) < 4.78 is 0. The highest BCUT2D eigenvalue weighted by Crippen LogP contribution is 2.11. The van der Waals surface area contributed by atoms with Crippen LogP contribution in [-0.4, -0.2) is 46.2 Å². The number of amides is 1. The monoisotopic (exact) mass is 357 g/mol. The van der Waals surface area contributed by atoms with Gasteiger partial charge in [-0.2, -0.15) is 0 Å². The van der Waals surface area contributed by atoms with Gasteiger partial charge in [0.2, 0.25) is 5.91 Å². The van der Waals surface area contributed by atoms with Crippen LogP contribution in [0.25, 0.3) is 0 Å². The van der Waals surface area contributed by atoms with Crippen LogP contribution < -0.4 is 0 Å². The summed E-state index contributed by atoms with van der Waals surface area (Å²) in [7, 11) is 0. The number of unbranched alkanes of at least 4 members (excludes halogenated alkanes) is 7. The molecule has 0 saturated carbocycles. The van der Waals surface area contributed by atoms with E-state index in [-0.39, 0.29) is 18.4 Å². The van der Waals surface area contributed by atoms with Crippen LogP contribution in [-0.2, 0) is 9.59 Å². The van der Waals surface area contributed by atoms with Crippen molar-refractivity contribution in [3.63, 3.8) is 0 Å². The number of carbonyl (C=O) groups excluding carboxylic acids is 1. The van der Waals surface area contributed by atoms with Crippen LogP contribution in [0.1, 0.15) is 97.3 Å². The van der Waals surface area contributed by atoms with Crippen molar-refractivity contribution in [3.05, 3.63) is 0 Å². The first-order chi connectivity index (χ1) is 12.0. The largest absolute Gasteiger partial charge is 0.481 e. The minimum atomic E-state index is -0.741. The molecule has 0 aliphatic heterocycles. The van der Waals surface area contributed by atoms with E-state index in [0.717, 1.165) is 51.5 Å². The van der Waals surface area contributed by atoms with Crippen LogP contribution in [0.15, 0.2) is 0 Å². The maximum atomic E-state index is 11.7. The number of rotatable bonds is 17. The lowest BCUT2D eigenvalue weighted by Gasteiger charge is -2.21. The summed E-state index contributed by atoms with van der Waals surface area (Å²) in [6.45, 7) is 5.23. The maximum absolute atomic E-state index is 11.7. The predicted molar refractivity (Wildman–Crippen MR) is 102 cm³/mol. The first kappa shape index (κ1) is 23.9. The molecular formula is C20H39NO4. The van der Waals surface area contributed by atoms with Crippen LogP contribution in [0.5, 0.6) is 0 Å². The van der Waals surface area contributed by atoms with E-state index >= 15 is 0 Å². The van der Waals surface area contributed by atoms with Gasteiger partial charge in [-0.3, -0.25) is 9.59 Å². The van der Waals surface area contributed by atoms with Crippen molar-refractivity contribution in [1.82, 2.24) is 4.90 Å². The smallest absolute Gasteiger partial charge is 0.303 e. The summed E-state index contributed by atoms with van der Waals surface area (Å²) in [6.07, 6.45) is 12.0. The van der Waals surface area contributed by atoms with Crippen LogP contribution in [0.2, 0.25) is 0 Å². The second-order valence-electron chi connectivity index (χ2n) is 7.06. The van der Waals surface area contributed by atoms with Gasteiger partial charge in [-0.05, 0) is 32.1 Å². The fraction of sp³-hybridized carbons (Fsp3) is 0.900. The standard InChI is InChI=1S/C20H39NO4/c1-3-4-5-6-9-13-19(23)14-12-17-21(18(2)22)16-11-8-7-10-15-20(24)25/h19,23H,3-17H2,1-2H3,(H,24,25). The Morgan fingerprint density at radius 3 is 2.04 bits per heavy atom. The number of carboxylic acids is 1. The Hall–Kier alpha value is -1.10. The van der Waals surface area contributed by atoms with Crippen molar-refractivity contribution in [1.29, 1.82) is 0 Å². The Bertz CT molecular complexity index is 347. The van der Waals surface area contributed by atoms with E-state index in [1.54, 1.807) is 6.92 Å². The Balaban J connectivity index is 3.71. The highest BCUT2D eigenvalue weighted by molar-refractivity contribution is 5.73. The van der Waals surface area contributed by atoms with Gasteiger partial charge in [0.1, 0.15) is 0 Å². The third-order valence-electron chi connectivity index (χ3n) is 4.62. The van der Waals surface area contributed by atoms with Crippen LogP contribution in [0.3, 0.4) is 0 Å². The van der Waals surface area contributed by atoms with Gasteiger partial charge in [-0.1, -0.05) is 51.9 Å². The van der Waals surface area contributed by atoms with E-state index in [1.165, 1.54) is 25.7 Å². The molecule has 0 aromatic rings. The van der Waals surface area contributed by atoms with Crippen molar-refractivity contribution in [2.75, 3.05) is 13.1 Å². The zero-order valence-corrected chi connectivity index (χ0v) is 16.3. The molecule has 0 aromatic carbocycles. The highest BCUT2D eigenvalue weighted by Gasteiger charge is 2.10. The molecule has 0 saturated heterocycles. The Labute approximate surface area is 153 Å². The predicted octanol–water partition coefficient (Wildman–Crippen LogP) is 4.37. The van der Waals surface area contributed by atoms with Crippen molar-refractivity contribution in [2.24, 2.45) is 0 Å². The summed E-state index contributed by atoms with van der Waals surface area (Å²) in [5.41, 5.74) is 0. The van der Waals surface area contributed by atoms with Gasteiger partial charge in [0, 0.05) is 26.4 Å². The average molecular weight is 358 g/mol. The molecule has 0 rings (SSSR count). The van der Waals surface area contributed by atoms with E-state index in [1.807, 2.05) is 4.90 Å². The van der Waals surface area contributed by atoms with E-state index in [2.05, 4.69) is 6.92 Å². The second kappa shape index (κ2) is 16.4. The molecule has 0 aliphatic rings. The summed E-state index contributed by atoms with van der Waals surface area (Å²) in [6, 6.07) is 0. The van der Waals surface area contributed by atoms with Crippen LogP contribution in [0.4, 0.5) is 0 Å². The fourth-order valence-electron chi connectivity index (χ4n) is 3.00. The molecule has 0 radical (unpaired) electrons. The van der Waals surface area contributed by atoms with Gasteiger partial charge in [0.15, 0.2) is 0 Å². The minimum absolute atomic E-state index is 0.0830. The molecule has 0 bridgehead atoms. The molecule has 0 aliphatic carbocycles. The van der Waals surface area contributed by atoms with E-state index < -0.39 is 5.97 Å². The number of carboxylic acid groups (broad SMARTS) is 1. The highest BCUT2D eigenvalue weighted by atomic mass is 16.4. The number of hydrogen-bond donors (Lipinski definition) is 2. The summed E-state index contributed by atoms with van der Waals surface area (Å²) in [5.74, 6) is -0.658. The van der Waals surface area contributed by atoms with Crippen molar-refractivity contribution in [2.45, 2.75) is 103 Å². The molecule has 0 spiro atoms. The lowest BCUT2D eigenvalue weighted by Crippen LogP contribution is -2.31. The molecule has 0 aromatic heterocycles. The molecule has 2 N–H and O–H groups in total. The van der Waals surface area contributed by atoms with Gasteiger partial charge < -0.3 is 15.1 Å². The zero-order valence-electron chi connectivity index (χ0n) is 16.3. The fourth-order valence-corrected chi connectivity index (χ4v) is 3.00. The number of carbonyl (C=O) groups is 2. The molecule has 5 nitrogen and oxygen atoms in total. The van der Waals surface area contributed by atoms with Crippen LogP contribution in [0, 0.1) is 0 Å². The number of hydrogen-bond acceptors (Lipinski definition) is 3. The Kier molecular flexibility index (Phi) is 15.7. The molecule has 0 heterocycles. The van der Waals surface area contributed by atoms with Crippen molar-refractivity contribution >= 4 is 11.9 Å². The third kappa shape index (κ3) is 16.1. The number of aliphatic carboxylic acids is 1. The topological polar surface area (TPSA) is 77.8 Å². The Morgan fingerprint density at radius 2 is 1.40 bits per heavy atom. The second-order valence-corrected chi connectivity index (χ2v) is 7.06. The van der Waals surface area contributed by atoms with Gasteiger partial charge in [0.05, 0.1) is 6.10 Å². The van der Waals surface area contributed by atoms with Crippen molar-refractivity contribution < 1.29 is 19.8 Å². The Morgan fingerprint density at radius 1 is 0.840 bits per heavy atom. The van der Waals surface area contributed by atoms with Crippen LogP contribution >= 0.6 is 0 Å². The summed E-state index contributed by atoms with van der Waals surface area (Å²) in [5, 5.41) is 18.6. The average Bonchev–Trinajstić information content (AvgIpc) is 2.55. The molecule has 5 heteroatoms. The van der Waals surface area contributed by atoms with Gasteiger partial charge in [-0.25, -0.2) is 0 Å². The maximum Gasteiger partial charge on any atom is 0.303 e. The molecule has 148 valence electrons. The van der Waals surface area contributed by atoms with Gasteiger partial charge in [-0.15, -0.1) is 0 Å². The lowest BCUT2D eigenvalue weighted by atomic mass is 10.0. The molecule has 1 atom stereocenters. The summed E-state index contributed by atoms with van der Waals surface area (Å²) in [4.78, 5) is 24.0. The normalized spacial score (nSPS) is 12.1. The summed E-state index contributed by atoms with van der Waals surface area (Å²) >= 11 is 0. The quantitative estimate of drug-likeness (QED) is 0.379. The first-order valence-corrected chi connectivity index (χ1v) is 10.1. The minimum Gasteiger partial charge on any atom is -0.481 e. The SMILES string of the molecule is CCCCCCCC(O)CCCN(CCCCCCC(=O)O)C(C)=O. The van der Waals surface area contributed by atoms with Gasteiger partial charge >= 0.3 is 5.97 Å². The third-order valence-corrected chi connectivity index (χ3v) is 4.62.